The lowest BCUT2D eigenvalue weighted by molar-refractivity contribution is -0.118. The highest BCUT2D eigenvalue weighted by Gasteiger charge is 2.29. The summed E-state index contributed by atoms with van der Waals surface area (Å²) in [6.07, 6.45) is -0.476. The van der Waals surface area contributed by atoms with E-state index in [0.29, 0.717) is 0 Å². The molecule has 1 rings (SSSR count). The molecule has 0 saturated heterocycles. The topological polar surface area (TPSA) is 46.6 Å². The molecule has 0 aromatic heterocycles. The molecule has 0 spiro atoms. The van der Waals surface area contributed by atoms with Crippen molar-refractivity contribution in [3.8, 4) is 0 Å². The van der Waals surface area contributed by atoms with Crippen LogP contribution in [-0.2, 0) is 16.1 Å². The zero-order chi connectivity index (χ0) is 15.2. The van der Waals surface area contributed by atoms with Crippen LogP contribution < -0.4 is 0 Å². The van der Waals surface area contributed by atoms with Crippen molar-refractivity contribution in [2.24, 2.45) is 0 Å². The second kappa shape index (κ2) is 7.43. The number of ether oxygens (including phenoxy) is 1. The van der Waals surface area contributed by atoms with Gasteiger partial charge < -0.3 is 4.74 Å². The highest BCUT2D eigenvalue weighted by molar-refractivity contribution is 9.09. The van der Waals surface area contributed by atoms with Crippen molar-refractivity contribution in [1.82, 2.24) is 4.90 Å². The van der Waals surface area contributed by atoms with Crippen LogP contribution in [0.25, 0.3) is 0 Å². The first-order valence-corrected chi connectivity index (χ1v) is 7.52. The maximum absolute atomic E-state index is 12.2. The molecule has 4 nitrogen and oxygen atoms in total. The van der Waals surface area contributed by atoms with E-state index in [1.54, 1.807) is 0 Å². The molecule has 0 unspecified atom stereocenters. The number of ketones is 1. The fraction of sp³-hybridized carbons (Fsp3) is 0.467. The van der Waals surface area contributed by atoms with Crippen molar-refractivity contribution in [3.05, 3.63) is 35.9 Å². The van der Waals surface area contributed by atoms with Crippen LogP contribution in [0.5, 0.6) is 0 Å². The summed E-state index contributed by atoms with van der Waals surface area (Å²) in [5.41, 5.74) is 0.451. The van der Waals surface area contributed by atoms with Gasteiger partial charge in [-0.3, -0.25) is 9.69 Å². The Kier molecular flexibility index (Phi) is 6.20. The van der Waals surface area contributed by atoms with Gasteiger partial charge in [-0.2, -0.15) is 0 Å². The van der Waals surface area contributed by atoms with Gasteiger partial charge in [0.25, 0.3) is 0 Å². The third-order valence-corrected chi connectivity index (χ3v) is 3.34. The van der Waals surface area contributed by atoms with Crippen molar-refractivity contribution in [3.63, 3.8) is 0 Å². The molecule has 0 N–H and O–H groups in total. The minimum atomic E-state index is -0.476. The molecule has 0 aliphatic carbocycles. The SMILES string of the molecule is CC(C)(C)N(CC(=O)CBr)C(=O)OCc1ccccc1. The molecule has 0 aliphatic heterocycles. The van der Waals surface area contributed by atoms with Gasteiger partial charge in [-0.1, -0.05) is 46.3 Å². The number of hydrogen-bond donors (Lipinski definition) is 0. The summed E-state index contributed by atoms with van der Waals surface area (Å²) in [7, 11) is 0. The van der Waals surface area contributed by atoms with Crippen molar-refractivity contribution < 1.29 is 14.3 Å². The molecule has 0 radical (unpaired) electrons. The molecule has 110 valence electrons. The fourth-order valence-electron chi connectivity index (χ4n) is 1.59. The number of carbonyl (C=O) groups excluding carboxylic acids is 2. The van der Waals surface area contributed by atoms with Gasteiger partial charge in [0, 0.05) is 5.54 Å². The molecule has 1 aromatic rings. The van der Waals surface area contributed by atoms with Crippen LogP contribution in [0, 0.1) is 0 Å². The Bertz CT molecular complexity index is 454. The lowest BCUT2D eigenvalue weighted by atomic mass is 10.1. The zero-order valence-electron chi connectivity index (χ0n) is 12.1. The molecular weight excluding hydrogens is 322 g/mol. The monoisotopic (exact) mass is 341 g/mol. The van der Waals surface area contributed by atoms with Crippen molar-refractivity contribution in [1.29, 1.82) is 0 Å². The van der Waals surface area contributed by atoms with E-state index in [9.17, 15) is 9.59 Å². The van der Waals surface area contributed by atoms with Crippen LogP contribution in [0.3, 0.4) is 0 Å². The maximum Gasteiger partial charge on any atom is 0.410 e. The molecule has 0 heterocycles. The average molecular weight is 342 g/mol. The van der Waals surface area contributed by atoms with Gasteiger partial charge >= 0.3 is 6.09 Å². The first kappa shape index (κ1) is 16.7. The highest BCUT2D eigenvalue weighted by atomic mass is 79.9. The molecule has 1 amide bonds. The number of benzene rings is 1. The number of nitrogens with zero attached hydrogens (tertiary/aromatic N) is 1. The number of rotatable bonds is 5. The molecule has 0 aliphatic rings. The van der Waals surface area contributed by atoms with E-state index in [-0.39, 0.29) is 24.3 Å². The Hall–Kier alpha value is -1.36. The van der Waals surface area contributed by atoms with Crippen LogP contribution >= 0.6 is 15.9 Å². The van der Waals surface area contributed by atoms with Crippen molar-refractivity contribution in [2.75, 3.05) is 11.9 Å². The lowest BCUT2D eigenvalue weighted by Gasteiger charge is -2.34. The number of alkyl halides is 1. The highest BCUT2D eigenvalue weighted by Crippen LogP contribution is 2.15. The fourth-order valence-corrected chi connectivity index (χ4v) is 1.77. The summed E-state index contributed by atoms with van der Waals surface area (Å²) in [4.78, 5) is 25.1. The van der Waals surface area contributed by atoms with Crippen LogP contribution in [0.15, 0.2) is 30.3 Å². The van der Waals surface area contributed by atoms with Gasteiger partial charge in [0.15, 0.2) is 5.78 Å². The second-order valence-electron chi connectivity index (χ2n) is 5.47. The van der Waals surface area contributed by atoms with Crippen LogP contribution in [0.4, 0.5) is 4.79 Å². The summed E-state index contributed by atoms with van der Waals surface area (Å²) in [5, 5.41) is 0.228. The number of amides is 1. The Morgan fingerprint density at radius 1 is 1.20 bits per heavy atom. The normalized spacial score (nSPS) is 11.0. The third-order valence-electron chi connectivity index (χ3n) is 2.72. The number of carbonyl (C=O) groups is 2. The molecule has 20 heavy (non-hydrogen) atoms. The molecule has 0 atom stereocenters. The number of hydrogen-bond acceptors (Lipinski definition) is 3. The smallest absolute Gasteiger partial charge is 0.410 e. The van der Waals surface area contributed by atoms with Gasteiger partial charge in [-0.25, -0.2) is 4.79 Å². The number of halogens is 1. The van der Waals surface area contributed by atoms with E-state index in [4.69, 9.17) is 4.74 Å². The quantitative estimate of drug-likeness (QED) is 0.771. The first-order valence-electron chi connectivity index (χ1n) is 6.40. The summed E-state index contributed by atoms with van der Waals surface area (Å²) in [6.45, 7) is 5.87. The number of Topliss-reactive ketones (excluding diaryl/α,β-unsaturated/α-hetero) is 1. The summed E-state index contributed by atoms with van der Waals surface area (Å²) >= 11 is 3.11. The minimum absolute atomic E-state index is 0.0440. The summed E-state index contributed by atoms with van der Waals surface area (Å²) in [5.74, 6) is -0.0587. The van der Waals surface area contributed by atoms with Crippen LogP contribution in [0.1, 0.15) is 26.3 Å². The summed E-state index contributed by atoms with van der Waals surface area (Å²) < 4.78 is 5.28. The Balaban J connectivity index is 2.66. The second-order valence-corrected chi connectivity index (χ2v) is 6.03. The van der Waals surface area contributed by atoms with E-state index >= 15 is 0 Å². The van der Waals surface area contributed by atoms with E-state index < -0.39 is 11.6 Å². The molecule has 0 saturated carbocycles. The van der Waals surface area contributed by atoms with E-state index in [1.807, 2.05) is 51.1 Å². The predicted molar refractivity (Wildman–Crippen MR) is 81.9 cm³/mol. The Labute approximate surface area is 128 Å². The molecular formula is C15H20BrNO3. The van der Waals surface area contributed by atoms with Gasteiger partial charge in [-0.05, 0) is 26.3 Å². The molecule has 1 aromatic carbocycles. The van der Waals surface area contributed by atoms with Gasteiger partial charge in [0.1, 0.15) is 6.61 Å². The van der Waals surface area contributed by atoms with Crippen LogP contribution in [0.2, 0.25) is 0 Å². The van der Waals surface area contributed by atoms with Crippen LogP contribution in [-0.4, -0.2) is 34.2 Å². The van der Waals surface area contributed by atoms with Crippen molar-refractivity contribution in [2.45, 2.75) is 32.9 Å². The maximum atomic E-state index is 12.2. The third kappa shape index (κ3) is 5.33. The first-order chi connectivity index (χ1) is 9.34. The van der Waals surface area contributed by atoms with E-state index in [1.165, 1.54) is 4.90 Å². The minimum Gasteiger partial charge on any atom is -0.445 e. The lowest BCUT2D eigenvalue weighted by Crippen LogP contribution is -2.48. The van der Waals surface area contributed by atoms with E-state index in [2.05, 4.69) is 15.9 Å². The zero-order valence-corrected chi connectivity index (χ0v) is 13.6. The van der Waals surface area contributed by atoms with E-state index in [0.717, 1.165) is 5.56 Å². The predicted octanol–water partition coefficient (Wildman–Crippen LogP) is 3.39. The Morgan fingerprint density at radius 2 is 1.80 bits per heavy atom. The largest absolute Gasteiger partial charge is 0.445 e. The standard InChI is InChI=1S/C15H20BrNO3/c1-15(2,3)17(10-13(18)9-16)14(19)20-11-12-7-5-4-6-8-12/h4-8H,9-11H2,1-3H3. The average Bonchev–Trinajstić information content (AvgIpc) is 2.41. The van der Waals surface area contributed by atoms with Gasteiger partial charge in [0.05, 0.1) is 11.9 Å². The van der Waals surface area contributed by atoms with Gasteiger partial charge in [0.2, 0.25) is 0 Å². The van der Waals surface area contributed by atoms with Crippen molar-refractivity contribution >= 4 is 27.8 Å². The molecule has 5 heteroatoms. The molecule has 0 bridgehead atoms. The van der Waals surface area contributed by atoms with Gasteiger partial charge in [-0.15, -0.1) is 0 Å². The Morgan fingerprint density at radius 3 is 2.30 bits per heavy atom. The summed E-state index contributed by atoms with van der Waals surface area (Å²) in [6, 6.07) is 9.45. The molecule has 0 fully saturated rings.